The zero-order valence-electron chi connectivity index (χ0n) is 13.0. The van der Waals surface area contributed by atoms with E-state index in [0.717, 1.165) is 25.9 Å². The Bertz CT molecular complexity index is 723. The first-order valence-corrected chi connectivity index (χ1v) is 8.05. The van der Waals surface area contributed by atoms with Gasteiger partial charge in [-0.2, -0.15) is 0 Å². The van der Waals surface area contributed by atoms with Gasteiger partial charge in [-0.15, -0.1) is 0 Å². The van der Waals surface area contributed by atoms with Crippen molar-refractivity contribution >= 4 is 17.5 Å². The minimum Gasteiger partial charge on any atom is -0.439 e. The predicted octanol–water partition coefficient (Wildman–Crippen LogP) is 3.36. The van der Waals surface area contributed by atoms with Gasteiger partial charge in [0.1, 0.15) is 11.6 Å². The van der Waals surface area contributed by atoms with Crippen molar-refractivity contribution in [2.24, 2.45) is 5.73 Å². The molecule has 2 aromatic rings. The summed E-state index contributed by atoms with van der Waals surface area (Å²) in [7, 11) is 0. The van der Waals surface area contributed by atoms with Crippen LogP contribution in [0.1, 0.15) is 28.8 Å². The van der Waals surface area contributed by atoms with Crippen molar-refractivity contribution in [2.75, 3.05) is 13.1 Å². The molecule has 0 aliphatic carbocycles. The Balaban J connectivity index is 1.75. The lowest BCUT2D eigenvalue weighted by atomic mass is 10.2. The second kappa shape index (κ2) is 7.15. The molecule has 1 aromatic carbocycles. The van der Waals surface area contributed by atoms with Crippen LogP contribution in [0, 0.1) is 5.82 Å². The van der Waals surface area contributed by atoms with Crippen molar-refractivity contribution in [1.29, 1.82) is 0 Å². The highest BCUT2D eigenvalue weighted by atomic mass is 35.5. The molecule has 24 heavy (non-hydrogen) atoms. The minimum absolute atomic E-state index is 0.225. The van der Waals surface area contributed by atoms with Gasteiger partial charge in [-0.05, 0) is 32.0 Å². The van der Waals surface area contributed by atoms with Gasteiger partial charge in [0.25, 0.3) is 0 Å². The number of carbonyl (C=O) groups excluding carboxylic acids is 1. The van der Waals surface area contributed by atoms with Gasteiger partial charge < -0.3 is 10.5 Å². The van der Waals surface area contributed by atoms with Gasteiger partial charge in [-0.3, -0.25) is 9.69 Å². The molecule has 0 spiro atoms. The van der Waals surface area contributed by atoms with Crippen LogP contribution in [0.4, 0.5) is 4.39 Å². The average Bonchev–Trinajstić information content (AvgIpc) is 3.04. The first-order valence-electron chi connectivity index (χ1n) is 7.67. The number of amides is 1. The Hall–Kier alpha value is -2.18. The average molecular weight is 350 g/mol. The first kappa shape index (κ1) is 16.7. The SMILES string of the molecule is NC(=O)c1ccc(Oc2cc(F)c(CN3CCCC3)c(Cl)c2)nc1. The van der Waals surface area contributed by atoms with Crippen molar-refractivity contribution < 1.29 is 13.9 Å². The number of likely N-dealkylation sites (tertiary alicyclic amines) is 1. The van der Waals surface area contributed by atoms with E-state index in [1.807, 2.05) is 0 Å². The normalized spacial score (nSPS) is 14.8. The van der Waals surface area contributed by atoms with Crippen LogP contribution in [-0.2, 0) is 6.54 Å². The second-order valence-corrected chi connectivity index (χ2v) is 6.11. The Morgan fingerprint density at radius 2 is 2.08 bits per heavy atom. The lowest BCUT2D eigenvalue weighted by Crippen LogP contribution is -2.19. The smallest absolute Gasteiger partial charge is 0.250 e. The van der Waals surface area contributed by atoms with Crippen LogP contribution in [0.15, 0.2) is 30.5 Å². The lowest BCUT2D eigenvalue weighted by Gasteiger charge is -2.17. The van der Waals surface area contributed by atoms with E-state index in [4.69, 9.17) is 22.1 Å². The van der Waals surface area contributed by atoms with Crippen LogP contribution < -0.4 is 10.5 Å². The summed E-state index contributed by atoms with van der Waals surface area (Å²) in [4.78, 5) is 17.1. The molecule has 3 rings (SSSR count). The molecule has 0 unspecified atom stereocenters. The maximum absolute atomic E-state index is 14.4. The standard InChI is InChI=1S/C17H17ClFN3O2/c18-14-7-12(24-16-4-3-11(9-21-16)17(20)23)8-15(19)13(14)10-22-5-1-2-6-22/h3-4,7-9H,1-2,5-6,10H2,(H2,20,23). The summed E-state index contributed by atoms with van der Waals surface area (Å²) in [5, 5.41) is 0.325. The van der Waals surface area contributed by atoms with Gasteiger partial charge in [0.15, 0.2) is 0 Å². The first-order chi connectivity index (χ1) is 11.5. The zero-order valence-corrected chi connectivity index (χ0v) is 13.7. The van der Waals surface area contributed by atoms with Crippen molar-refractivity contribution in [2.45, 2.75) is 19.4 Å². The predicted molar refractivity (Wildman–Crippen MR) is 88.7 cm³/mol. The van der Waals surface area contributed by atoms with Crippen LogP contribution in [0.3, 0.4) is 0 Å². The summed E-state index contributed by atoms with van der Waals surface area (Å²) in [6.07, 6.45) is 3.57. The summed E-state index contributed by atoms with van der Waals surface area (Å²) < 4.78 is 19.9. The Kier molecular flexibility index (Phi) is 4.97. The van der Waals surface area contributed by atoms with E-state index in [9.17, 15) is 9.18 Å². The van der Waals surface area contributed by atoms with Crippen molar-refractivity contribution in [3.63, 3.8) is 0 Å². The van der Waals surface area contributed by atoms with Crippen molar-refractivity contribution in [3.8, 4) is 11.6 Å². The van der Waals surface area contributed by atoms with E-state index in [0.29, 0.717) is 17.1 Å². The summed E-state index contributed by atoms with van der Waals surface area (Å²) >= 11 is 6.22. The Morgan fingerprint density at radius 1 is 1.33 bits per heavy atom. The largest absolute Gasteiger partial charge is 0.439 e. The number of carbonyl (C=O) groups is 1. The highest BCUT2D eigenvalue weighted by molar-refractivity contribution is 6.31. The molecule has 126 valence electrons. The molecule has 1 saturated heterocycles. The van der Waals surface area contributed by atoms with Gasteiger partial charge in [0.05, 0.1) is 10.6 Å². The lowest BCUT2D eigenvalue weighted by molar-refractivity contribution is 0.1000. The highest BCUT2D eigenvalue weighted by Crippen LogP contribution is 2.30. The topological polar surface area (TPSA) is 68.5 Å². The van der Waals surface area contributed by atoms with Crippen LogP contribution in [0.2, 0.25) is 5.02 Å². The molecular formula is C17H17ClFN3O2. The number of ether oxygens (including phenoxy) is 1. The van der Waals surface area contributed by atoms with Gasteiger partial charge in [0, 0.05) is 36.5 Å². The maximum atomic E-state index is 14.4. The van der Waals surface area contributed by atoms with Crippen LogP contribution in [0.5, 0.6) is 11.6 Å². The molecule has 5 nitrogen and oxygen atoms in total. The fraction of sp³-hybridized carbons (Fsp3) is 0.294. The Labute approximate surface area is 144 Å². The van der Waals surface area contributed by atoms with Crippen LogP contribution >= 0.6 is 11.6 Å². The summed E-state index contributed by atoms with van der Waals surface area (Å²) in [6, 6.07) is 5.84. The molecule has 0 saturated carbocycles. The fourth-order valence-corrected chi connectivity index (χ4v) is 2.92. The molecule has 0 atom stereocenters. The number of nitrogens with two attached hydrogens (primary N) is 1. The third-order valence-electron chi connectivity index (χ3n) is 3.94. The van der Waals surface area contributed by atoms with Gasteiger partial charge in [-0.1, -0.05) is 11.6 Å². The number of benzene rings is 1. The molecule has 2 N–H and O–H groups in total. The quantitative estimate of drug-likeness (QED) is 0.898. The third kappa shape index (κ3) is 3.83. The van der Waals surface area contributed by atoms with Crippen molar-refractivity contribution in [1.82, 2.24) is 9.88 Å². The molecule has 1 aromatic heterocycles. The van der Waals surface area contributed by atoms with Crippen molar-refractivity contribution in [3.05, 3.63) is 52.4 Å². The van der Waals surface area contributed by atoms with E-state index in [1.54, 1.807) is 6.07 Å². The summed E-state index contributed by atoms with van der Waals surface area (Å²) in [5.41, 5.74) is 5.89. The molecule has 7 heteroatoms. The number of aromatic nitrogens is 1. The molecule has 1 aliphatic rings. The number of hydrogen-bond donors (Lipinski definition) is 1. The van der Waals surface area contributed by atoms with Crippen LogP contribution in [-0.4, -0.2) is 28.9 Å². The summed E-state index contributed by atoms with van der Waals surface area (Å²) in [5.74, 6) is -0.502. The number of primary amides is 1. The molecule has 2 heterocycles. The van der Waals surface area contributed by atoms with E-state index in [-0.39, 0.29) is 17.2 Å². The van der Waals surface area contributed by atoms with Crippen LogP contribution in [0.25, 0.3) is 0 Å². The van der Waals surface area contributed by atoms with E-state index >= 15 is 0 Å². The number of nitrogens with zero attached hydrogens (tertiary/aromatic N) is 2. The molecular weight excluding hydrogens is 333 g/mol. The second-order valence-electron chi connectivity index (χ2n) is 5.70. The van der Waals surface area contributed by atoms with E-state index < -0.39 is 11.7 Å². The number of hydrogen-bond acceptors (Lipinski definition) is 4. The summed E-state index contributed by atoms with van der Waals surface area (Å²) in [6.45, 7) is 2.42. The highest BCUT2D eigenvalue weighted by Gasteiger charge is 2.17. The minimum atomic E-state index is -0.575. The number of pyridine rings is 1. The van der Waals surface area contributed by atoms with E-state index in [1.165, 1.54) is 24.4 Å². The molecule has 1 fully saturated rings. The maximum Gasteiger partial charge on any atom is 0.250 e. The number of halogens is 2. The zero-order chi connectivity index (χ0) is 17.1. The van der Waals surface area contributed by atoms with Gasteiger partial charge >= 0.3 is 0 Å². The van der Waals surface area contributed by atoms with E-state index in [2.05, 4.69) is 9.88 Å². The Morgan fingerprint density at radius 3 is 2.67 bits per heavy atom. The molecule has 1 aliphatic heterocycles. The molecule has 0 bridgehead atoms. The third-order valence-corrected chi connectivity index (χ3v) is 4.28. The van der Waals surface area contributed by atoms with Gasteiger partial charge in [-0.25, -0.2) is 9.37 Å². The molecule has 1 amide bonds. The van der Waals surface area contributed by atoms with Gasteiger partial charge in [0.2, 0.25) is 11.8 Å². The number of rotatable bonds is 5. The monoisotopic (exact) mass is 349 g/mol. The fourth-order valence-electron chi connectivity index (χ4n) is 2.66. The molecule has 0 radical (unpaired) electrons.